The molecule has 29 heavy (non-hydrogen) atoms. The van der Waals surface area contributed by atoms with Crippen LogP contribution < -0.4 is 10.3 Å². The zero-order valence-electron chi connectivity index (χ0n) is 15.6. The number of rotatable bonds is 6. The summed E-state index contributed by atoms with van der Waals surface area (Å²) in [5.74, 6) is -0.165. The van der Waals surface area contributed by atoms with Gasteiger partial charge in [-0.1, -0.05) is 22.9 Å². The number of ether oxygens (including phenoxy) is 1. The summed E-state index contributed by atoms with van der Waals surface area (Å²) in [6.07, 6.45) is 2.57. The molecule has 0 fully saturated rings. The zero-order valence-corrected chi connectivity index (χ0v) is 17.2. The lowest BCUT2D eigenvalue weighted by molar-refractivity contribution is -0.386. The molecule has 9 nitrogen and oxygen atoms in total. The molecule has 0 radical (unpaired) electrons. The summed E-state index contributed by atoms with van der Waals surface area (Å²) in [5, 5.41) is 25.7. The summed E-state index contributed by atoms with van der Waals surface area (Å²) >= 11 is 3.34. The number of nitro benzene ring substituents is 1. The maximum absolute atomic E-state index is 13.0. The van der Waals surface area contributed by atoms with E-state index in [9.17, 15) is 20.0 Å². The van der Waals surface area contributed by atoms with Crippen LogP contribution in [0.1, 0.15) is 24.7 Å². The van der Waals surface area contributed by atoms with Crippen molar-refractivity contribution in [1.82, 2.24) is 9.66 Å². The predicted octanol–water partition coefficient (Wildman–Crippen LogP) is 3.62. The highest BCUT2D eigenvalue weighted by Gasteiger charge is 2.19. The minimum atomic E-state index is -0.723. The Labute approximate surface area is 173 Å². The average molecular weight is 461 g/mol. The van der Waals surface area contributed by atoms with Gasteiger partial charge in [-0.05, 0) is 30.7 Å². The van der Waals surface area contributed by atoms with Gasteiger partial charge < -0.3 is 9.84 Å². The van der Waals surface area contributed by atoms with Gasteiger partial charge in [-0.15, -0.1) is 0 Å². The molecule has 0 bridgehead atoms. The molecule has 2 aromatic carbocycles. The molecule has 0 saturated heterocycles. The number of halogens is 1. The van der Waals surface area contributed by atoms with Crippen LogP contribution in [-0.2, 0) is 6.42 Å². The molecule has 1 aromatic heterocycles. The van der Waals surface area contributed by atoms with Crippen molar-refractivity contribution in [3.05, 3.63) is 66.7 Å². The van der Waals surface area contributed by atoms with E-state index in [-0.39, 0.29) is 16.9 Å². The van der Waals surface area contributed by atoms with Crippen LogP contribution in [0, 0.1) is 10.1 Å². The number of phenolic OH excluding ortho intramolecular Hbond substituents is 1. The number of aromatic hydroxyl groups is 1. The van der Waals surface area contributed by atoms with E-state index in [1.807, 2.05) is 6.92 Å². The molecule has 150 valence electrons. The summed E-state index contributed by atoms with van der Waals surface area (Å²) in [6.45, 7) is 1.96. The molecular weight excluding hydrogens is 444 g/mol. The standard InChI is InChI=1S/C19H17BrN4O5/c1-3-4-17-22-14-6-5-12(20)9-13(14)19(26)23(17)21-10-11-7-15(24(27)28)18(25)16(8-11)29-2/h5-10,25H,3-4H2,1-2H3. The van der Waals surface area contributed by atoms with Gasteiger partial charge in [0.25, 0.3) is 5.56 Å². The van der Waals surface area contributed by atoms with Crippen LogP contribution in [0.4, 0.5) is 5.69 Å². The van der Waals surface area contributed by atoms with Crippen molar-refractivity contribution >= 4 is 38.7 Å². The number of aromatic nitrogens is 2. The van der Waals surface area contributed by atoms with Crippen molar-refractivity contribution in [2.75, 3.05) is 7.11 Å². The second-order valence-electron chi connectivity index (χ2n) is 6.15. The molecule has 0 unspecified atom stereocenters. The molecule has 10 heteroatoms. The molecular formula is C19H17BrN4O5. The first-order chi connectivity index (χ1) is 13.8. The average Bonchev–Trinajstić information content (AvgIpc) is 2.69. The molecule has 0 spiro atoms. The molecule has 3 aromatic rings. The van der Waals surface area contributed by atoms with Gasteiger partial charge in [0.05, 0.1) is 29.2 Å². The Morgan fingerprint density at radius 1 is 1.38 bits per heavy atom. The number of phenols is 1. The highest BCUT2D eigenvalue weighted by Crippen LogP contribution is 2.36. The van der Waals surface area contributed by atoms with E-state index < -0.39 is 16.4 Å². The number of benzene rings is 2. The van der Waals surface area contributed by atoms with Crippen LogP contribution >= 0.6 is 15.9 Å². The number of methoxy groups -OCH3 is 1. The number of nitro groups is 1. The summed E-state index contributed by atoms with van der Waals surface area (Å²) in [6, 6.07) is 7.77. The summed E-state index contributed by atoms with van der Waals surface area (Å²) in [5.41, 5.74) is -0.0196. The van der Waals surface area contributed by atoms with Gasteiger partial charge in [0.15, 0.2) is 5.75 Å². The molecule has 1 heterocycles. The first-order valence-corrected chi connectivity index (χ1v) is 9.46. The van der Waals surface area contributed by atoms with Gasteiger partial charge in [0.2, 0.25) is 5.75 Å². The topological polar surface area (TPSA) is 120 Å². The Bertz CT molecular complexity index is 1190. The minimum Gasteiger partial charge on any atom is -0.500 e. The van der Waals surface area contributed by atoms with Gasteiger partial charge in [0, 0.05) is 22.5 Å². The van der Waals surface area contributed by atoms with Crippen LogP contribution in [0.25, 0.3) is 10.9 Å². The van der Waals surface area contributed by atoms with Crippen molar-refractivity contribution in [3.8, 4) is 11.5 Å². The lowest BCUT2D eigenvalue weighted by atomic mass is 10.2. The Morgan fingerprint density at radius 2 is 2.14 bits per heavy atom. The summed E-state index contributed by atoms with van der Waals surface area (Å²) in [4.78, 5) is 27.9. The van der Waals surface area contributed by atoms with Crippen LogP contribution in [0.3, 0.4) is 0 Å². The fourth-order valence-electron chi connectivity index (χ4n) is 2.81. The Hall–Kier alpha value is -3.27. The second-order valence-corrected chi connectivity index (χ2v) is 7.06. The molecule has 0 saturated carbocycles. The van der Waals surface area contributed by atoms with Crippen molar-refractivity contribution in [2.45, 2.75) is 19.8 Å². The predicted molar refractivity (Wildman–Crippen MR) is 112 cm³/mol. The molecule has 0 aliphatic heterocycles. The smallest absolute Gasteiger partial charge is 0.315 e. The van der Waals surface area contributed by atoms with Crippen LogP contribution in [0.5, 0.6) is 11.5 Å². The molecule has 0 amide bonds. The van der Waals surface area contributed by atoms with Crippen molar-refractivity contribution in [2.24, 2.45) is 5.10 Å². The molecule has 0 atom stereocenters. The van der Waals surface area contributed by atoms with Gasteiger partial charge in [-0.3, -0.25) is 14.9 Å². The van der Waals surface area contributed by atoms with E-state index >= 15 is 0 Å². The van der Waals surface area contributed by atoms with E-state index in [1.165, 1.54) is 24.1 Å². The lowest BCUT2D eigenvalue weighted by Gasteiger charge is -2.09. The van der Waals surface area contributed by atoms with Gasteiger partial charge in [0.1, 0.15) is 5.82 Å². The highest BCUT2D eigenvalue weighted by atomic mass is 79.9. The minimum absolute atomic E-state index is 0.0673. The maximum atomic E-state index is 13.0. The Balaban J connectivity index is 2.16. The fraction of sp³-hybridized carbons (Fsp3) is 0.211. The SMILES string of the molecule is CCCc1nc2ccc(Br)cc2c(=O)n1N=Cc1cc(OC)c(O)c([N+](=O)[O-])c1. The third kappa shape index (κ3) is 4.11. The highest BCUT2D eigenvalue weighted by molar-refractivity contribution is 9.10. The number of hydrogen-bond donors (Lipinski definition) is 1. The van der Waals surface area contributed by atoms with E-state index in [4.69, 9.17) is 4.74 Å². The first kappa shape index (κ1) is 20.5. The van der Waals surface area contributed by atoms with Crippen LogP contribution in [0.15, 0.2) is 44.7 Å². The monoisotopic (exact) mass is 460 g/mol. The number of nitrogens with zero attached hydrogens (tertiary/aromatic N) is 4. The maximum Gasteiger partial charge on any atom is 0.315 e. The third-order valence-electron chi connectivity index (χ3n) is 4.17. The normalized spacial score (nSPS) is 11.3. The van der Waals surface area contributed by atoms with Crippen LogP contribution in [0.2, 0.25) is 0 Å². The van der Waals surface area contributed by atoms with Gasteiger partial charge >= 0.3 is 5.69 Å². The molecule has 0 aliphatic rings. The first-order valence-electron chi connectivity index (χ1n) is 8.66. The molecule has 3 rings (SSSR count). The van der Waals surface area contributed by atoms with Crippen LogP contribution in [-0.4, -0.2) is 33.0 Å². The lowest BCUT2D eigenvalue weighted by Crippen LogP contribution is -2.22. The summed E-state index contributed by atoms with van der Waals surface area (Å²) in [7, 11) is 1.29. The second kappa shape index (κ2) is 8.39. The fourth-order valence-corrected chi connectivity index (χ4v) is 3.17. The van der Waals surface area contributed by atoms with Crippen molar-refractivity contribution in [3.63, 3.8) is 0 Å². The van der Waals surface area contributed by atoms with E-state index in [1.54, 1.807) is 18.2 Å². The van der Waals surface area contributed by atoms with E-state index in [2.05, 4.69) is 26.0 Å². The van der Waals surface area contributed by atoms with Crippen molar-refractivity contribution < 1.29 is 14.8 Å². The Morgan fingerprint density at radius 3 is 2.79 bits per heavy atom. The van der Waals surface area contributed by atoms with E-state index in [0.717, 1.165) is 17.0 Å². The Kier molecular flexibility index (Phi) is 5.92. The number of aryl methyl sites for hydroxylation is 1. The summed E-state index contributed by atoms with van der Waals surface area (Å²) < 4.78 is 6.90. The zero-order chi connectivity index (χ0) is 21.1. The quantitative estimate of drug-likeness (QED) is 0.340. The molecule has 0 aliphatic carbocycles. The van der Waals surface area contributed by atoms with Gasteiger partial charge in [-0.2, -0.15) is 9.78 Å². The largest absolute Gasteiger partial charge is 0.500 e. The third-order valence-corrected chi connectivity index (χ3v) is 4.66. The van der Waals surface area contributed by atoms with Gasteiger partial charge in [-0.25, -0.2) is 4.98 Å². The van der Waals surface area contributed by atoms with E-state index in [0.29, 0.717) is 23.1 Å². The van der Waals surface area contributed by atoms with Crippen molar-refractivity contribution in [1.29, 1.82) is 0 Å². The number of fused-ring (bicyclic) bond motifs is 1. The number of hydrogen-bond acceptors (Lipinski definition) is 7. The molecule has 1 N–H and O–H groups in total.